The van der Waals surface area contributed by atoms with Crippen molar-refractivity contribution in [2.24, 2.45) is 0 Å². The lowest BCUT2D eigenvalue weighted by Gasteiger charge is -2.10. The van der Waals surface area contributed by atoms with E-state index in [1.54, 1.807) is 0 Å². The van der Waals surface area contributed by atoms with Gasteiger partial charge in [0.1, 0.15) is 12.9 Å². The zero-order valence-corrected chi connectivity index (χ0v) is 9.41. The van der Waals surface area contributed by atoms with E-state index in [1.165, 1.54) is 6.33 Å². The van der Waals surface area contributed by atoms with Crippen LogP contribution in [0.4, 0.5) is 0 Å². The highest BCUT2D eigenvalue weighted by Crippen LogP contribution is 2.21. The van der Waals surface area contributed by atoms with Gasteiger partial charge in [-0.1, -0.05) is 0 Å². The van der Waals surface area contributed by atoms with E-state index in [9.17, 15) is 0 Å². The lowest BCUT2D eigenvalue weighted by atomic mass is 10.3. The molecule has 5 nitrogen and oxygen atoms in total. The fourth-order valence-corrected chi connectivity index (χ4v) is 1.10. The molecule has 0 saturated heterocycles. The van der Waals surface area contributed by atoms with E-state index in [4.69, 9.17) is 9.47 Å². The molecule has 1 rings (SSSR count). The Bertz CT molecular complexity index is 305. The molecule has 1 aromatic rings. The predicted octanol–water partition coefficient (Wildman–Crippen LogP) is 0.782. The van der Waals surface area contributed by atoms with Crippen molar-refractivity contribution in [1.82, 2.24) is 15.3 Å². The second-order valence-corrected chi connectivity index (χ2v) is 2.99. The fraction of sp³-hybridized carbons (Fsp3) is 0.600. The Morgan fingerprint density at radius 3 is 2.53 bits per heavy atom. The van der Waals surface area contributed by atoms with Gasteiger partial charge in [0.25, 0.3) is 0 Å². The van der Waals surface area contributed by atoms with Crippen LogP contribution in [0.1, 0.15) is 12.5 Å². The molecule has 0 aliphatic heterocycles. The topological polar surface area (TPSA) is 56.3 Å². The second kappa shape index (κ2) is 6.19. The smallest absolute Gasteiger partial charge is 0.223 e. The van der Waals surface area contributed by atoms with E-state index < -0.39 is 0 Å². The van der Waals surface area contributed by atoms with Crippen LogP contribution in [0.3, 0.4) is 0 Å². The Morgan fingerprint density at radius 2 is 1.93 bits per heavy atom. The maximum atomic E-state index is 5.47. The number of rotatable bonds is 6. The lowest BCUT2D eigenvalue weighted by Crippen LogP contribution is -2.17. The molecular formula is C10H17N3O2. The van der Waals surface area contributed by atoms with Crippen LogP contribution < -0.4 is 14.8 Å². The summed E-state index contributed by atoms with van der Waals surface area (Å²) in [4.78, 5) is 8.08. The molecule has 0 saturated carbocycles. The highest BCUT2D eigenvalue weighted by atomic mass is 16.5. The van der Waals surface area contributed by atoms with Gasteiger partial charge in [0, 0.05) is 6.54 Å². The standard InChI is InChI=1S/C10H17N3O2/c1-4-14-9-8(2)10(13-7-12-9)15-6-5-11-3/h7,11H,4-6H2,1-3H3. The highest BCUT2D eigenvalue weighted by molar-refractivity contribution is 5.32. The molecule has 0 bridgehead atoms. The summed E-state index contributed by atoms with van der Waals surface area (Å²) in [6, 6.07) is 0. The van der Waals surface area contributed by atoms with Crippen LogP contribution in [0.2, 0.25) is 0 Å². The first-order chi connectivity index (χ1) is 7.29. The van der Waals surface area contributed by atoms with Gasteiger partial charge in [0.2, 0.25) is 11.8 Å². The number of hydrogen-bond acceptors (Lipinski definition) is 5. The highest BCUT2D eigenvalue weighted by Gasteiger charge is 2.08. The second-order valence-electron chi connectivity index (χ2n) is 2.99. The van der Waals surface area contributed by atoms with Gasteiger partial charge < -0.3 is 14.8 Å². The average molecular weight is 211 g/mol. The summed E-state index contributed by atoms with van der Waals surface area (Å²) >= 11 is 0. The minimum atomic E-state index is 0.583. The first-order valence-electron chi connectivity index (χ1n) is 5.01. The summed E-state index contributed by atoms with van der Waals surface area (Å²) in [5, 5.41) is 3.00. The van der Waals surface area contributed by atoms with E-state index in [2.05, 4.69) is 15.3 Å². The summed E-state index contributed by atoms with van der Waals surface area (Å²) < 4.78 is 10.8. The van der Waals surface area contributed by atoms with E-state index in [-0.39, 0.29) is 0 Å². The Hall–Kier alpha value is -1.36. The molecule has 0 spiro atoms. The molecule has 15 heavy (non-hydrogen) atoms. The molecule has 5 heteroatoms. The van der Waals surface area contributed by atoms with E-state index in [0.29, 0.717) is 25.0 Å². The molecule has 84 valence electrons. The van der Waals surface area contributed by atoms with Crippen LogP contribution in [-0.2, 0) is 0 Å². The largest absolute Gasteiger partial charge is 0.478 e. The third-order valence-electron chi connectivity index (χ3n) is 1.86. The van der Waals surface area contributed by atoms with Crippen molar-refractivity contribution in [3.63, 3.8) is 0 Å². The van der Waals surface area contributed by atoms with E-state index in [0.717, 1.165) is 12.1 Å². The Balaban J connectivity index is 2.66. The van der Waals surface area contributed by atoms with Crippen LogP contribution in [0.5, 0.6) is 11.8 Å². The molecular weight excluding hydrogens is 194 g/mol. The van der Waals surface area contributed by atoms with Crippen molar-refractivity contribution in [3.8, 4) is 11.8 Å². The predicted molar refractivity (Wildman–Crippen MR) is 57.4 cm³/mol. The minimum absolute atomic E-state index is 0.583. The summed E-state index contributed by atoms with van der Waals surface area (Å²) in [5.74, 6) is 1.18. The van der Waals surface area contributed by atoms with Gasteiger partial charge in [-0.3, -0.25) is 0 Å². The molecule has 0 aromatic carbocycles. The summed E-state index contributed by atoms with van der Waals surface area (Å²) in [6.07, 6.45) is 1.45. The molecule has 0 aliphatic rings. The minimum Gasteiger partial charge on any atom is -0.478 e. The third kappa shape index (κ3) is 3.36. The van der Waals surface area contributed by atoms with Crippen molar-refractivity contribution in [1.29, 1.82) is 0 Å². The summed E-state index contributed by atoms with van der Waals surface area (Å²) in [5.41, 5.74) is 0.843. The maximum Gasteiger partial charge on any atom is 0.223 e. The summed E-state index contributed by atoms with van der Waals surface area (Å²) in [7, 11) is 1.88. The number of nitrogens with one attached hydrogen (secondary N) is 1. The molecule has 0 amide bonds. The van der Waals surface area contributed by atoms with Crippen molar-refractivity contribution in [3.05, 3.63) is 11.9 Å². The average Bonchev–Trinajstić information content (AvgIpc) is 2.24. The van der Waals surface area contributed by atoms with E-state index in [1.807, 2.05) is 20.9 Å². The van der Waals surface area contributed by atoms with E-state index >= 15 is 0 Å². The molecule has 0 atom stereocenters. The quantitative estimate of drug-likeness (QED) is 0.705. The van der Waals surface area contributed by atoms with Gasteiger partial charge >= 0.3 is 0 Å². The normalized spacial score (nSPS) is 10.1. The molecule has 0 fully saturated rings. The molecule has 0 aliphatic carbocycles. The van der Waals surface area contributed by atoms with Gasteiger partial charge in [-0.25, -0.2) is 9.97 Å². The zero-order valence-electron chi connectivity index (χ0n) is 9.41. The fourth-order valence-electron chi connectivity index (χ4n) is 1.10. The molecule has 1 aromatic heterocycles. The SMILES string of the molecule is CCOc1ncnc(OCCNC)c1C. The monoisotopic (exact) mass is 211 g/mol. The van der Waals surface area contributed by atoms with Crippen molar-refractivity contribution < 1.29 is 9.47 Å². The van der Waals surface area contributed by atoms with Gasteiger partial charge in [0.15, 0.2) is 0 Å². The Labute approximate surface area is 89.8 Å². The van der Waals surface area contributed by atoms with Gasteiger partial charge in [0.05, 0.1) is 12.2 Å². The molecule has 1 N–H and O–H groups in total. The number of hydrogen-bond donors (Lipinski definition) is 1. The number of likely N-dealkylation sites (N-methyl/N-ethyl adjacent to an activating group) is 1. The van der Waals surface area contributed by atoms with Crippen LogP contribution in [-0.4, -0.2) is 36.8 Å². The van der Waals surface area contributed by atoms with Crippen LogP contribution in [0.15, 0.2) is 6.33 Å². The number of aromatic nitrogens is 2. The third-order valence-corrected chi connectivity index (χ3v) is 1.86. The Kier molecular flexibility index (Phi) is 4.83. The maximum absolute atomic E-state index is 5.47. The van der Waals surface area contributed by atoms with Crippen LogP contribution >= 0.6 is 0 Å². The first kappa shape index (κ1) is 11.7. The number of ether oxygens (including phenoxy) is 2. The van der Waals surface area contributed by atoms with Crippen molar-refractivity contribution in [2.45, 2.75) is 13.8 Å². The van der Waals surface area contributed by atoms with Crippen molar-refractivity contribution in [2.75, 3.05) is 26.8 Å². The molecule has 0 radical (unpaired) electrons. The zero-order chi connectivity index (χ0) is 11.1. The first-order valence-corrected chi connectivity index (χ1v) is 5.01. The van der Waals surface area contributed by atoms with Crippen LogP contribution in [0, 0.1) is 6.92 Å². The van der Waals surface area contributed by atoms with Gasteiger partial charge in [-0.15, -0.1) is 0 Å². The number of nitrogens with zero attached hydrogens (tertiary/aromatic N) is 2. The van der Waals surface area contributed by atoms with Gasteiger partial charge in [-0.2, -0.15) is 0 Å². The molecule has 0 unspecified atom stereocenters. The van der Waals surface area contributed by atoms with Crippen LogP contribution in [0.25, 0.3) is 0 Å². The Morgan fingerprint density at radius 1 is 1.27 bits per heavy atom. The lowest BCUT2D eigenvalue weighted by molar-refractivity contribution is 0.289. The summed E-state index contributed by atoms with van der Waals surface area (Å²) in [6.45, 7) is 5.77. The van der Waals surface area contributed by atoms with Gasteiger partial charge in [-0.05, 0) is 20.9 Å². The molecule has 1 heterocycles. The van der Waals surface area contributed by atoms with Crippen molar-refractivity contribution >= 4 is 0 Å².